The zero-order valence-electron chi connectivity index (χ0n) is 15.0. The molecule has 3 aromatic heterocycles. The number of aryl methyl sites for hydroxylation is 1. The van der Waals surface area contributed by atoms with Gasteiger partial charge in [0.2, 0.25) is 5.91 Å². The second-order valence-corrected chi connectivity index (χ2v) is 7.08. The fourth-order valence-electron chi connectivity index (χ4n) is 3.60. The number of piperidine rings is 1. The molecule has 6 nitrogen and oxygen atoms in total. The summed E-state index contributed by atoms with van der Waals surface area (Å²) in [6, 6.07) is 7.92. The van der Waals surface area contributed by atoms with E-state index in [0.29, 0.717) is 6.54 Å². The Kier molecular flexibility index (Phi) is 4.75. The Labute approximate surface area is 152 Å². The van der Waals surface area contributed by atoms with E-state index in [2.05, 4.69) is 22.1 Å². The van der Waals surface area contributed by atoms with Crippen molar-refractivity contribution in [1.82, 2.24) is 19.6 Å². The number of aromatic nitrogens is 2. The van der Waals surface area contributed by atoms with Crippen LogP contribution < -0.4 is 5.32 Å². The summed E-state index contributed by atoms with van der Waals surface area (Å²) in [6.45, 7) is 5.07. The predicted octanol–water partition coefficient (Wildman–Crippen LogP) is 2.76. The normalized spacial score (nSPS) is 18.3. The Morgan fingerprint density at radius 1 is 1.35 bits per heavy atom. The van der Waals surface area contributed by atoms with Crippen LogP contribution in [0.3, 0.4) is 0 Å². The monoisotopic (exact) mass is 352 g/mol. The van der Waals surface area contributed by atoms with Crippen LogP contribution in [-0.4, -0.2) is 33.3 Å². The first-order valence-corrected chi connectivity index (χ1v) is 9.14. The summed E-state index contributed by atoms with van der Waals surface area (Å²) in [5.41, 5.74) is 2.97. The molecular formula is C20H24N4O2. The molecule has 0 unspecified atom stereocenters. The van der Waals surface area contributed by atoms with Gasteiger partial charge in [-0.15, -0.1) is 0 Å². The largest absolute Gasteiger partial charge is 0.468 e. The van der Waals surface area contributed by atoms with Gasteiger partial charge in [-0.3, -0.25) is 9.69 Å². The smallest absolute Gasteiger partial charge is 0.224 e. The minimum absolute atomic E-state index is 0.0259. The fourth-order valence-corrected chi connectivity index (χ4v) is 3.60. The summed E-state index contributed by atoms with van der Waals surface area (Å²) >= 11 is 0. The van der Waals surface area contributed by atoms with E-state index in [1.54, 1.807) is 6.26 Å². The van der Waals surface area contributed by atoms with E-state index in [4.69, 9.17) is 4.42 Å². The third kappa shape index (κ3) is 3.80. The number of nitrogens with one attached hydrogen (secondary N) is 1. The van der Waals surface area contributed by atoms with E-state index in [0.717, 1.165) is 49.6 Å². The standard InChI is InChI=1S/C20H24N4O2/c1-15-6-7-19-22-17(13-24(19)11-15)10-21-20(25)16-4-2-8-23(12-16)14-18-5-3-9-26-18/h3,5-7,9,11,13,16H,2,4,8,10,12,14H2,1H3,(H,21,25)/t16-/m0/s1. The van der Waals surface area contributed by atoms with Crippen molar-refractivity contribution in [1.29, 1.82) is 0 Å². The van der Waals surface area contributed by atoms with Crippen LogP contribution in [0.5, 0.6) is 0 Å². The van der Waals surface area contributed by atoms with Crippen molar-refractivity contribution >= 4 is 11.6 Å². The van der Waals surface area contributed by atoms with E-state index in [-0.39, 0.29) is 11.8 Å². The van der Waals surface area contributed by atoms with Gasteiger partial charge >= 0.3 is 0 Å². The number of furan rings is 1. The zero-order valence-corrected chi connectivity index (χ0v) is 15.0. The van der Waals surface area contributed by atoms with Crippen molar-refractivity contribution in [2.75, 3.05) is 13.1 Å². The van der Waals surface area contributed by atoms with Gasteiger partial charge in [-0.1, -0.05) is 6.07 Å². The summed E-state index contributed by atoms with van der Waals surface area (Å²) in [5.74, 6) is 1.09. The van der Waals surface area contributed by atoms with Gasteiger partial charge < -0.3 is 14.1 Å². The van der Waals surface area contributed by atoms with Crippen LogP contribution in [0, 0.1) is 12.8 Å². The highest BCUT2D eigenvalue weighted by atomic mass is 16.3. The van der Waals surface area contributed by atoms with Crippen molar-refractivity contribution in [3.8, 4) is 0 Å². The maximum absolute atomic E-state index is 12.6. The molecule has 0 radical (unpaired) electrons. The van der Waals surface area contributed by atoms with E-state index in [1.165, 1.54) is 5.56 Å². The van der Waals surface area contributed by atoms with Crippen molar-refractivity contribution in [3.63, 3.8) is 0 Å². The number of carbonyl (C=O) groups is 1. The van der Waals surface area contributed by atoms with Crippen LogP contribution >= 0.6 is 0 Å². The molecule has 1 N–H and O–H groups in total. The topological polar surface area (TPSA) is 62.8 Å². The first-order valence-electron chi connectivity index (χ1n) is 9.14. The van der Waals surface area contributed by atoms with Gasteiger partial charge in [0.05, 0.1) is 31.0 Å². The van der Waals surface area contributed by atoms with Crippen LogP contribution in [-0.2, 0) is 17.9 Å². The van der Waals surface area contributed by atoms with Crippen LogP contribution in [0.2, 0.25) is 0 Å². The molecule has 1 aliphatic rings. The molecular weight excluding hydrogens is 328 g/mol. The molecule has 136 valence electrons. The number of hydrogen-bond acceptors (Lipinski definition) is 4. The number of fused-ring (bicyclic) bond motifs is 1. The number of pyridine rings is 1. The summed E-state index contributed by atoms with van der Waals surface area (Å²) in [5, 5.41) is 3.06. The third-order valence-electron chi connectivity index (χ3n) is 4.93. The summed E-state index contributed by atoms with van der Waals surface area (Å²) in [7, 11) is 0. The summed E-state index contributed by atoms with van der Waals surface area (Å²) in [6.07, 6.45) is 7.69. The Hall–Kier alpha value is -2.60. The lowest BCUT2D eigenvalue weighted by molar-refractivity contribution is -0.127. The lowest BCUT2D eigenvalue weighted by Crippen LogP contribution is -2.42. The molecule has 3 aromatic rings. The quantitative estimate of drug-likeness (QED) is 0.767. The number of carbonyl (C=O) groups excluding carboxylic acids is 1. The van der Waals surface area contributed by atoms with Crippen LogP contribution in [0.1, 0.15) is 29.9 Å². The predicted molar refractivity (Wildman–Crippen MR) is 98.5 cm³/mol. The van der Waals surface area contributed by atoms with Gasteiger partial charge in [0.1, 0.15) is 11.4 Å². The first-order chi connectivity index (χ1) is 12.7. The molecule has 1 aliphatic heterocycles. The maximum atomic E-state index is 12.6. The molecule has 4 heterocycles. The molecule has 0 bridgehead atoms. The summed E-state index contributed by atoms with van der Waals surface area (Å²) in [4.78, 5) is 19.4. The van der Waals surface area contributed by atoms with Crippen molar-refractivity contribution in [2.45, 2.75) is 32.9 Å². The van der Waals surface area contributed by atoms with Crippen LogP contribution in [0.4, 0.5) is 0 Å². The molecule has 1 atom stereocenters. The highest BCUT2D eigenvalue weighted by Gasteiger charge is 2.26. The Bertz CT molecular complexity index is 884. The number of imidazole rings is 1. The minimum Gasteiger partial charge on any atom is -0.468 e. The lowest BCUT2D eigenvalue weighted by atomic mass is 9.97. The number of amides is 1. The van der Waals surface area contributed by atoms with Crippen molar-refractivity contribution in [3.05, 3.63) is 59.9 Å². The van der Waals surface area contributed by atoms with Gasteiger partial charge in [-0.25, -0.2) is 4.98 Å². The molecule has 0 aromatic carbocycles. The molecule has 4 rings (SSSR count). The zero-order chi connectivity index (χ0) is 17.9. The van der Waals surface area contributed by atoms with Gasteiger partial charge in [0.25, 0.3) is 0 Å². The SMILES string of the molecule is Cc1ccc2nc(CNC(=O)[C@H]3CCCN(Cc4ccco4)C3)cn2c1. The first kappa shape index (κ1) is 16.8. The minimum atomic E-state index is 0.0259. The Morgan fingerprint density at radius 2 is 2.27 bits per heavy atom. The second kappa shape index (κ2) is 7.33. The summed E-state index contributed by atoms with van der Waals surface area (Å²) < 4.78 is 7.42. The van der Waals surface area contributed by atoms with Gasteiger partial charge in [0.15, 0.2) is 0 Å². The van der Waals surface area contributed by atoms with E-state index in [1.807, 2.05) is 41.1 Å². The van der Waals surface area contributed by atoms with Gasteiger partial charge in [-0.2, -0.15) is 0 Å². The molecule has 6 heteroatoms. The molecule has 0 saturated carbocycles. The van der Waals surface area contributed by atoms with Crippen molar-refractivity contribution < 1.29 is 9.21 Å². The fraction of sp³-hybridized carbons (Fsp3) is 0.400. The highest BCUT2D eigenvalue weighted by Crippen LogP contribution is 2.19. The van der Waals surface area contributed by atoms with E-state index >= 15 is 0 Å². The van der Waals surface area contributed by atoms with E-state index < -0.39 is 0 Å². The van der Waals surface area contributed by atoms with Gasteiger partial charge in [0, 0.05) is 18.9 Å². The molecule has 1 fully saturated rings. The number of nitrogens with zero attached hydrogens (tertiary/aromatic N) is 3. The lowest BCUT2D eigenvalue weighted by Gasteiger charge is -2.31. The van der Waals surface area contributed by atoms with Crippen molar-refractivity contribution in [2.24, 2.45) is 5.92 Å². The third-order valence-corrected chi connectivity index (χ3v) is 4.93. The average Bonchev–Trinajstić information content (AvgIpc) is 3.28. The van der Waals surface area contributed by atoms with Gasteiger partial charge in [-0.05, 0) is 50.1 Å². The maximum Gasteiger partial charge on any atom is 0.224 e. The molecule has 26 heavy (non-hydrogen) atoms. The Morgan fingerprint density at radius 3 is 3.12 bits per heavy atom. The molecule has 0 spiro atoms. The molecule has 1 saturated heterocycles. The number of likely N-dealkylation sites (tertiary alicyclic amines) is 1. The second-order valence-electron chi connectivity index (χ2n) is 7.08. The average molecular weight is 352 g/mol. The number of hydrogen-bond donors (Lipinski definition) is 1. The highest BCUT2D eigenvalue weighted by molar-refractivity contribution is 5.78. The number of rotatable bonds is 5. The van der Waals surface area contributed by atoms with Crippen LogP contribution in [0.15, 0.2) is 47.3 Å². The molecule has 0 aliphatic carbocycles. The van der Waals surface area contributed by atoms with Crippen LogP contribution in [0.25, 0.3) is 5.65 Å². The Balaban J connectivity index is 1.33. The molecule has 1 amide bonds. The van der Waals surface area contributed by atoms with E-state index in [9.17, 15) is 4.79 Å².